The number of nitrogens with one attached hydrogen (secondary N) is 2. The number of amides is 1. The van der Waals surface area contributed by atoms with Crippen LogP contribution < -0.4 is 10.6 Å². The van der Waals surface area contributed by atoms with E-state index in [0.717, 1.165) is 38.2 Å². The van der Waals surface area contributed by atoms with Crippen molar-refractivity contribution in [3.05, 3.63) is 18.0 Å². The van der Waals surface area contributed by atoms with Gasteiger partial charge in [-0.05, 0) is 26.2 Å². The van der Waals surface area contributed by atoms with Gasteiger partial charge in [-0.1, -0.05) is 11.6 Å². The van der Waals surface area contributed by atoms with E-state index in [1.54, 1.807) is 6.07 Å². The molecule has 0 spiro atoms. The predicted octanol–water partition coefficient (Wildman–Crippen LogP) is 1.01. The van der Waals surface area contributed by atoms with E-state index in [4.69, 9.17) is 4.52 Å². The number of piperazine rings is 1. The van der Waals surface area contributed by atoms with Gasteiger partial charge in [0, 0.05) is 57.8 Å². The summed E-state index contributed by atoms with van der Waals surface area (Å²) in [6.07, 6.45) is 5.33. The third-order valence-electron chi connectivity index (χ3n) is 5.46. The van der Waals surface area contributed by atoms with Crippen LogP contribution in [0.5, 0.6) is 0 Å². The molecule has 0 unspecified atom stereocenters. The Morgan fingerprint density at radius 1 is 1.26 bits per heavy atom. The number of sulfonamides is 1. The van der Waals surface area contributed by atoms with Crippen molar-refractivity contribution in [2.75, 3.05) is 45.8 Å². The van der Waals surface area contributed by atoms with E-state index in [2.05, 4.69) is 25.7 Å². The van der Waals surface area contributed by atoms with Crippen LogP contribution in [0.4, 0.5) is 0 Å². The number of hydrogen-bond donors (Lipinski definition) is 2. The monoisotopic (exact) mass is 568 g/mol. The summed E-state index contributed by atoms with van der Waals surface area (Å²) >= 11 is 0. The summed E-state index contributed by atoms with van der Waals surface area (Å²) in [5, 5.41) is 9.95. The van der Waals surface area contributed by atoms with Gasteiger partial charge in [-0.15, -0.1) is 24.0 Å². The molecule has 0 bridgehead atoms. The smallest absolute Gasteiger partial charge is 0.223 e. The largest absolute Gasteiger partial charge is 0.364 e. The molecule has 2 fully saturated rings. The number of aromatic nitrogens is 1. The summed E-state index contributed by atoms with van der Waals surface area (Å²) in [6.45, 7) is 5.94. The summed E-state index contributed by atoms with van der Waals surface area (Å²) in [7, 11) is -3.42. The Morgan fingerprint density at radius 3 is 2.58 bits per heavy atom. The second-order valence-electron chi connectivity index (χ2n) is 7.64. The number of carbonyl (C=O) groups is 1. The predicted molar refractivity (Wildman–Crippen MR) is 129 cm³/mol. The Morgan fingerprint density at radius 2 is 2.00 bits per heavy atom. The van der Waals surface area contributed by atoms with E-state index in [1.165, 1.54) is 10.6 Å². The highest BCUT2D eigenvalue weighted by atomic mass is 127. The lowest BCUT2D eigenvalue weighted by Crippen LogP contribution is -2.54. The van der Waals surface area contributed by atoms with Crippen LogP contribution in [0.3, 0.4) is 0 Å². The summed E-state index contributed by atoms with van der Waals surface area (Å²) in [5.41, 5.74) is 0.414. The maximum Gasteiger partial charge on any atom is 0.223 e. The molecule has 10 nitrogen and oxygen atoms in total. The fourth-order valence-corrected chi connectivity index (χ4v) is 4.91. The molecule has 31 heavy (non-hydrogen) atoms. The Kier molecular flexibility index (Phi) is 10.5. The minimum Gasteiger partial charge on any atom is -0.364 e. The lowest BCUT2D eigenvalue weighted by molar-refractivity contribution is -0.127. The quantitative estimate of drug-likeness (QED) is 0.198. The molecule has 1 saturated carbocycles. The van der Waals surface area contributed by atoms with Gasteiger partial charge in [-0.3, -0.25) is 9.79 Å². The average molecular weight is 568 g/mol. The van der Waals surface area contributed by atoms with Gasteiger partial charge >= 0.3 is 0 Å². The van der Waals surface area contributed by atoms with Crippen LogP contribution in [-0.4, -0.2) is 80.5 Å². The molecule has 12 heteroatoms. The number of nitrogens with zero attached hydrogens (tertiary/aromatic N) is 4. The van der Waals surface area contributed by atoms with Gasteiger partial charge < -0.3 is 20.1 Å². The zero-order valence-electron chi connectivity index (χ0n) is 18.0. The Bertz CT molecular complexity index is 805. The van der Waals surface area contributed by atoms with Crippen molar-refractivity contribution in [1.29, 1.82) is 0 Å². The van der Waals surface area contributed by atoms with Crippen molar-refractivity contribution in [2.45, 2.75) is 38.4 Å². The fourth-order valence-electron chi connectivity index (χ4n) is 3.48. The van der Waals surface area contributed by atoms with E-state index in [-0.39, 0.29) is 41.6 Å². The first-order valence-electron chi connectivity index (χ1n) is 10.7. The van der Waals surface area contributed by atoms with Crippen LogP contribution in [0.1, 0.15) is 38.3 Å². The second-order valence-corrected chi connectivity index (χ2v) is 9.61. The van der Waals surface area contributed by atoms with Crippen molar-refractivity contribution in [3.8, 4) is 0 Å². The third kappa shape index (κ3) is 7.59. The number of carbonyl (C=O) groups excluding carboxylic acids is 1. The van der Waals surface area contributed by atoms with Crippen LogP contribution in [0.25, 0.3) is 0 Å². The van der Waals surface area contributed by atoms with Gasteiger partial charge in [-0.25, -0.2) is 8.42 Å². The maximum atomic E-state index is 12.6. The van der Waals surface area contributed by atoms with Gasteiger partial charge in [0.1, 0.15) is 12.0 Å². The van der Waals surface area contributed by atoms with Crippen molar-refractivity contribution >= 4 is 45.9 Å². The van der Waals surface area contributed by atoms with Crippen LogP contribution in [0, 0.1) is 5.92 Å². The van der Waals surface area contributed by atoms with E-state index >= 15 is 0 Å². The van der Waals surface area contributed by atoms with Gasteiger partial charge in [-0.2, -0.15) is 4.31 Å². The summed E-state index contributed by atoms with van der Waals surface area (Å²) < 4.78 is 31.4. The van der Waals surface area contributed by atoms with Gasteiger partial charge in [0.25, 0.3) is 0 Å². The summed E-state index contributed by atoms with van der Waals surface area (Å²) in [5.74, 6) is 1.02. The molecule has 2 heterocycles. The van der Waals surface area contributed by atoms with Crippen LogP contribution in [-0.2, 0) is 20.6 Å². The highest BCUT2D eigenvalue weighted by Crippen LogP contribution is 2.26. The third-order valence-corrected chi connectivity index (χ3v) is 7.27. The Balaban J connectivity index is 0.00000341. The topological polar surface area (TPSA) is 120 Å². The Hall–Kier alpha value is -1.41. The highest BCUT2D eigenvalue weighted by molar-refractivity contribution is 14.0. The number of rotatable bonds is 9. The van der Waals surface area contributed by atoms with Crippen LogP contribution >= 0.6 is 24.0 Å². The molecule has 1 aromatic heterocycles. The lowest BCUT2D eigenvalue weighted by Gasteiger charge is -2.35. The second kappa shape index (κ2) is 12.6. The fraction of sp³-hybridized carbons (Fsp3) is 0.737. The number of guanidine groups is 1. The van der Waals surface area contributed by atoms with E-state index < -0.39 is 10.0 Å². The molecule has 1 aromatic rings. The molecule has 1 aliphatic heterocycles. The minimum atomic E-state index is -3.42. The molecule has 1 aliphatic carbocycles. The van der Waals surface area contributed by atoms with E-state index in [0.29, 0.717) is 45.0 Å². The standard InChI is InChI=1S/C19H32N6O4S.HI/c1-2-20-19(22-9-4-8-21-18(26)16-5-3-6-16)24-10-12-25(13-11-24)30(27,28)15-17-7-14-29-23-17;/h7,14,16H,2-6,8-13,15H2,1H3,(H,20,22)(H,21,26);1H. The van der Waals surface area contributed by atoms with E-state index in [9.17, 15) is 13.2 Å². The molecule has 0 atom stereocenters. The first-order valence-corrected chi connectivity index (χ1v) is 12.3. The minimum absolute atomic E-state index is 0. The van der Waals surface area contributed by atoms with Crippen molar-refractivity contribution in [1.82, 2.24) is 25.0 Å². The number of halogens is 1. The van der Waals surface area contributed by atoms with Gasteiger partial charge in [0.05, 0.1) is 5.69 Å². The first-order chi connectivity index (χ1) is 14.5. The molecule has 176 valence electrons. The molecular formula is C19H33IN6O4S. The van der Waals surface area contributed by atoms with E-state index in [1.807, 2.05) is 6.92 Å². The summed E-state index contributed by atoms with van der Waals surface area (Å²) in [4.78, 5) is 18.6. The normalized spacial score (nSPS) is 18.2. The van der Waals surface area contributed by atoms with Crippen molar-refractivity contribution in [3.63, 3.8) is 0 Å². The molecule has 0 aromatic carbocycles. The first kappa shape index (κ1) is 25.8. The zero-order valence-corrected chi connectivity index (χ0v) is 21.1. The van der Waals surface area contributed by atoms with Crippen LogP contribution in [0.15, 0.2) is 21.8 Å². The molecule has 2 aliphatic rings. The maximum absolute atomic E-state index is 12.6. The van der Waals surface area contributed by atoms with Gasteiger partial charge in [0.15, 0.2) is 5.96 Å². The zero-order chi connectivity index (χ0) is 21.4. The van der Waals surface area contributed by atoms with Crippen molar-refractivity contribution in [2.24, 2.45) is 10.9 Å². The van der Waals surface area contributed by atoms with Gasteiger partial charge in [0.2, 0.25) is 15.9 Å². The lowest BCUT2D eigenvalue weighted by atomic mass is 9.85. The van der Waals surface area contributed by atoms with Crippen molar-refractivity contribution < 1.29 is 17.7 Å². The number of aliphatic imine (C=N–C) groups is 1. The molecule has 1 amide bonds. The molecular weight excluding hydrogens is 535 g/mol. The van der Waals surface area contributed by atoms with Crippen LogP contribution in [0.2, 0.25) is 0 Å². The summed E-state index contributed by atoms with van der Waals surface area (Å²) in [6, 6.07) is 1.57. The molecule has 3 rings (SSSR count). The molecule has 1 saturated heterocycles. The average Bonchev–Trinajstić information content (AvgIpc) is 3.18. The molecule has 2 N–H and O–H groups in total. The molecule has 0 radical (unpaired) electrons. The Labute approximate surface area is 201 Å². The SMILES string of the molecule is CCNC(=NCCCNC(=O)C1CCC1)N1CCN(S(=O)(=O)Cc2ccon2)CC1.I. The number of hydrogen-bond acceptors (Lipinski definition) is 6. The highest BCUT2D eigenvalue weighted by Gasteiger charge is 2.29.